The van der Waals surface area contributed by atoms with Crippen molar-refractivity contribution in [3.63, 3.8) is 0 Å². The van der Waals surface area contributed by atoms with Crippen molar-refractivity contribution in [3.8, 4) is 0 Å². The number of carbonyl (C=O) groups excluding carboxylic acids is 1. The number of aliphatic hydroxyl groups is 1. The molecule has 20 heavy (non-hydrogen) atoms. The quantitative estimate of drug-likeness (QED) is 0.848. The first-order valence-corrected chi connectivity index (χ1v) is 6.48. The van der Waals surface area contributed by atoms with Gasteiger partial charge >= 0.3 is 5.97 Å². The van der Waals surface area contributed by atoms with Crippen LogP contribution in [0.3, 0.4) is 0 Å². The van der Waals surface area contributed by atoms with E-state index in [1.165, 1.54) is 0 Å². The SMILES string of the molecule is CC1(C)OC(=O)c2ccccc2C1n1cncc1CO. The topological polar surface area (TPSA) is 64.4 Å². The van der Waals surface area contributed by atoms with Crippen molar-refractivity contribution < 1.29 is 14.6 Å². The third kappa shape index (κ3) is 1.82. The first-order valence-electron chi connectivity index (χ1n) is 6.48. The number of nitrogens with zero attached hydrogens (tertiary/aromatic N) is 2. The Kier molecular flexibility index (Phi) is 2.87. The minimum absolute atomic E-state index is 0.108. The molecular formula is C15H16N2O3. The number of carbonyl (C=O) groups is 1. The van der Waals surface area contributed by atoms with Crippen molar-refractivity contribution in [2.24, 2.45) is 0 Å². The number of cyclic esters (lactones) is 1. The van der Waals surface area contributed by atoms with E-state index in [0.717, 1.165) is 5.56 Å². The van der Waals surface area contributed by atoms with Crippen LogP contribution in [0.25, 0.3) is 0 Å². The van der Waals surface area contributed by atoms with Gasteiger partial charge in [0.15, 0.2) is 0 Å². The Morgan fingerprint density at radius 2 is 2.15 bits per heavy atom. The predicted octanol–water partition coefficient (Wildman–Crippen LogP) is 1.91. The summed E-state index contributed by atoms with van der Waals surface area (Å²) in [7, 11) is 0. The molecule has 104 valence electrons. The molecule has 0 radical (unpaired) electrons. The highest BCUT2D eigenvalue weighted by atomic mass is 16.6. The zero-order valence-corrected chi connectivity index (χ0v) is 11.4. The standard InChI is InChI=1S/C15H16N2O3/c1-15(2)13(17-9-16-7-10(17)8-18)11-5-3-4-6-12(11)14(19)20-15/h3-7,9,13,18H,8H2,1-2H3. The molecule has 0 spiro atoms. The van der Waals surface area contributed by atoms with E-state index < -0.39 is 5.60 Å². The Hall–Kier alpha value is -2.14. The highest BCUT2D eigenvalue weighted by Crippen LogP contribution is 2.40. The van der Waals surface area contributed by atoms with Gasteiger partial charge in [0.25, 0.3) is 0 Å². The Morgan fingerprint density at radius 1 is 1.40 bits per heavy atom. The molecule has 0 bridgehead atoms. The van der Waals surface area contributed by atoms with E-state index in [1.54, 1.807) is 18.6 Å². The Morgan fingerprint density at radius 3 is 2.90 bits per heavy atom. The minimum Gasteiger partial charge on any atom is -0.453 e. The zero-order chi connectivity index (χ0) is 14.3. The van der Waals surface area contributed by atoms with Crippen molar-refractivity contribution in [1.82, 2.24) is 9.55 Å². The average molecular weight is 272 g/mol. The van der Waals surface area contributed by atoms with Crippen LogP contribution in [-0.4, -0.2) is 26.2 Å². The van der Waals surface area contributed by atoms with Crippen LogP contribution in [0, 0.1) is 0 Å². The number of hydrogen-bond donors (Lipinski definition) is 1. The van der Waals surface area contributed by atoms with E-state index in [4.69, 9.17) is 4.74 Å². The van der Waals surface area contributed by atoms with Gasteiger partial charge in [-0.05, 0) is 25.5 Å². The Labute approximate surface area is 116 Å². The Bertz CT molecular complexity index is 661. The van der Waals surface area contributed by atoms with Gasteiger partial charge in [-0.3, -0.25) is 0 Å². The predicted molar refractivity (Wildman–Crippen MR) is 72.2 cm³/mol. The summed E-state index contributed by atoms with van der Waals surface area (Å²) >= 11 is 0. The lowest BCUT2D eigenvalue weighted by molar-refractivity contribution is -0.0269. The summed E-state index contributed by atoms with van der Waals surface area (Å²) in [5.41, 5.74) is 1.43. The molecule has 0 saturated heterocycles. The molecule has 0 fully saturated rings. The van der Waals surface area contributed by atoms with Crippen LogP contribution in [0.4, 0.5) is 0 Å². The van der Waals surface area contributed by atoms with Crippen LogP contribution in [0.2, 0.25) is 0 Å². The lowest BCUT2D eigenvalue weighted by Gasteiger charge is -2.40. The van der Waals surface area contributed by atoms with E-state index in [0.29, 0.717) is 11.3 Å². The number of imidazole rings is 1. The molecule has 0 aliphatic carbocycles. The van der Waals surface area contributed by atoms with E-state index in [1.807, 2.05) is 36.6 Å². The summed E-state index contributed by atoms with van der Waals surface area (Å²) in [6.45, 7) is 3.63. The monoisotopic (exact) mass is 272 g/mol. The van der Waals surface area contributed by atoms with Crippen LogP contribution in [0.5, 0.6) is 0 Å². The van der Waals surface area contributed by atoms with Gasteiger partial charge in [-0.1, -0.05) is 18.2 Å². The van der Waals surface area contributed by atoms with Crippen LogP contribution in [0.1, 0.15) is 41.5 Å². The van der Waals surface area contributed by atoms with Gasteiger partial charge < -0.3 is 14.4 Å². The maximum atomic E-state index is 12.1. The van der Waals surface area contributed by atoms with Crippen LogP contribution in [0.15, 0.2) is 36.8 Å². The molecule has 0 saturated carbocycles. The molecule has 2 aromatic rings. The van der Waals surface area contributed by atoms with Crippen LogP contribution >= 0.6 is 0 Å². The summed E-state index contributed by atoms with van der Waals surface area (Å²) in [6, 6.07) is 7.19. The molecule has 1 aromatic carbocycles. The van der Waals surface area contributed by atoms with Crippen LogP contribution < -0.4 is 0 Å². The first-order chi connectivity index (χ1) is 9.54. The summed E-state index contributed by atoms with van der Waals surface area (Å²) in [5.74, 6) is -0.312. The maximum Gasteiger partial charge on any atom is 0.339 e. The number of esters is 1. The number of benzene rings is 1. The summed E-state index contributed by atoms with van der Waals surface area (Å²) < 4.78 is 7.43. The molecule has 1 aliphatic rings. The molecule has 2 heterocycles. The molecule has 1 aliphatic heterocycles. The number of aliphatic hydroxyl groups excluding tert-OH is 1. The van der Waals surface area contributed by atoms with Crippen molar-refractivity contribution in [3.05, 3.63) is 53.6 Å². The molecule has 1 N–H and O–H groups in total. The van der Waals surface area contributed by atoms with Gasteiger partial charge in [0.1, 0.15) is 5.60 Å². The zero-order valence-electron chi connectivity index (χ0n) is 11.4. The highest BCUT2D eigenvalue weighted by molar-refractivity contribution is 5.93. The van der Waals surface area contributed by atoms with Crippen molar-refractivity contribution in [2.75, 3.05) is 0 Å². The second kappa shape index (κ2) is 4.45. The summed E-state index contributed by atoms with van der Waals surface area (Å²) in [6.07, 6.45) is 3.28. The van der Waals surface area contributed by atoms with E-state index in [-0.39, 0.29) is 18.6 Å². The molecule has 1 aromatic heterocycles. The second-order valence-electron chi connectivity index (χ2n) is 5.43. The fourth-order valence-electron chi connectivity index (χ4n) is 2.82. The number of aromatic nitrogens is 2. The number of hydrogen-bond acceptors (Lipinski definition) is 4. The molecule has 1 unspecified atom stereocenters. The maximum absolute atomic E-state index is 12.1. The second-order valence-corrected chi connectivity index (χ2v) is 5.43. The average Bonchev–Trinajstić information content (AvgIpc) is 2.86. The fourth-order valence-corrected chi connectivity index (χ4v) is 2.82. The van der Waals surface area contributed by atoms with E-state index in [2.05, 4.69) is 4.98 Å². The first kappa shape index (κ1) is 12.9. The molecular weight excluding hydrogens is 256 g/mol. The molecule has 3 rings (SSSR count). The van der Waals surface area contributed by atoms with Crippen molar-refractivity contribution in [1.29, 1.82) is 0 Å². The molecule has 5 heteroatoms. The van der Waals surface area contributed by atoms with Gasteiger partial charge in [-0.25, -0.2) is 9.78 Å². The largest absolute Gasteiger partial charge is 0.453 e. The summed E-state index contributed by atoms with van der Waals surface area (Å²) in [5, 5.41) is 9.44. The smallest absolute Gasteiger partial charge is 0.339 e. The number of ether oxygens (including phenoxy) is 1. The van der Waals surface area contributed by atoms with Gasteiger partial charge in [0, 0.05) is 0 Å². The lowest BCUT2D eigenvalue weighted by Crippen LogP contribution is -2.43. The minimum atomic E-state index is -0.712. The highest BCUT2D eigenvalue weighted by Gasteiger charge is 2.43. The molecule has 1 atom stereocenters. The van der Waals surface area contributed by atoms with Crippen LogP contribution in [-0.2, 0) is 11.3 Å². The molecule has 5 nitrogen and oxygen atoms in total. The number of rotatable bonds is 2. The third-order valence-electron chi connectivity index (χ3n) is 3.68. The normalized spacial score (nSPS) is 20.4. The molecule has 0 amide bonds. The van der Waals surface area contributed by atoms with Gasteiger partial charge in [0.2, 0.25) is 0 Å². The lowest BCUT2D eigenvalue weighted by atomic mass is 9.85. The summed E-state index contributed by atoms with van der Waals surface area (Å²) in [4.78, 5) is 16.2. The van der Waals surface area contributed by atoms with E-state index >= 15 is 0 Å². The van der Waals surface area contributed by atoms with E-state index in [9.17, 15) is 9.90 Å². The Balaban J connectivity index is 2.22. The number of fused-ring (bicyclic) bond motifs is 1. The van der Waals surface area contributed by atoms with Gasteiger partial charge in [-0.15, -0.1) is 0 Å². The van der Waals surface area contributed by atoms with Gasteiger partial charge in [-0.2, -0.15) is 0 Å². The third-order valence-corrected chi connectivity index (χ3v) is 3.68. The van der Waals surface area contributed by atoms with Crippen molar-refractivity contribution in [2.45, 2.75) is 32.1 Å². The fraction of sp³-hybridized carbons (Fsp3) is 0.333. The van der Waals surface area contributed by atoms with Gasteiger partial charge in [0.05, 0.1) is 36.4 Å². The van der Waals surface area contributed by atoms with Crippen molar-refractivity contribution >= 4 is 5.97 Å².